The molecule has 27 heavy (non-hydrogen) atoms. The molecule has 0 bridgehead atoms. The summed E-state index contributed by atoms with van der Waals surface area (Å²) in [6.45, 7) is 2.09. The van der Waals surface area contributed by atoms with Crippen molar-refractivity contribution >= 4 is 41.0 Å². The van der Waals surface area contributed by atoms with Crippen molar-refractivity contribution in [2.45, 2.75) is 6.92 Å². The van der Waals surface area contributed by atoms with Crippen LogP contribution in [0.5, 0.6) is 0 Å². The Morgan fingerprint density at radius 3 is 2.78 bits per heavy atom. The number of nitrogens with zero attached hydrogens (tertiary/aromatic N) is 1. The molecule has 0 aliphatic carbocycles. The van der Waals surface area contributed by atoms with E-state index in [9.17, 15) is 4.79 Å². The van der Waals surface area contributed by atoms with Crippen LogP contribution in [0.1, 0.15) is 11.3 Å². The fraction of sp³-hybridized carbons (Fsp3) is 0.100. The third-order valence-corrected chi connectivity index (χ3v) is 4.35. The van der Waals surface area contributed by atoms with Gasteiger partial charge in [-0.05, 0) is 48.9 Å². The van der Waals surface area contributed by atoms with Gasteiger partial charge in [-0.1, -0.05) is 41.4 Å². The van der Waals surface area contributed by atoms with Gasteiger partial charge in [0.05, 0.1) is 17.8 Å². The quantitative estimate of drug-likeness (QED) is 0.444. The molecule has 2 N–H and O–H groups in total. The summed E-state index contributed by atoms with van der Waals surface area (Å²) in [7, 11) is 0. The predicted molar refractivity (Wildman–Crippen MR) is 110 cm³/mol. The number of halogens is 2. The van der Waals surface area contributed by atoms with E-state index in [0.717, 1.165) is 11.3 Å². The molecule has 1 amide bonds. The van der Waals surface area contributed by atoms with Crippen molar-refractivity contribution in [3.8, 4) is 11.3 Å². The molecule has 0 spiro atoms. The van der Waals surface area contributed by atoms with Crippen molar-refractivity contribution in [1.29, 1.82) is 0 Å². The standard InChI is InChI=1S/C20H17Cl2N3O2/c1-13-4-2-3-5-18(13)23-12-20(26)25-24-11-15-7-9-19(27-15)16-10-14(21)6-8-17(16)22/h2-11,23H,12H2,1H3,(H,25,26)/b24-11+. The second-order valence-electron chi connectivity index (χ2n) is 5.79. The number of carbonyl (C=O) groups excluding carboxylic acids is 1. The fourth-order valence-corrected chi connectivity index (χ4v) is 2.79. The van der Waals surface area contributed by atoms with Crippen molar-refractivity contribution in [3.63, 3.8) is 0 Å². The molecule has 3 aromatic rings. The normalized spacial score (nSPS) is 10.9. The van der Waals surface area contributed by atoms with Gasteiger partial charge in [-0.3, -0.25) is 4.79 Å². The highest BCUT2D eigenvalue weighted by Gasteiger charge is 2.09. The summed E-state index contributed by atoms with van der Waals surface area (Å²) in [5.74, 6) is 0.781. The van der Waals surface area contributed by atoms with Gasteiger partial charge in [-0.25, -0.2) is 5.43 Å². The topological polar surface area (TPSA) is 66.6 Å². The van der Waals surface area contributed by atoms with E-state index in [0.29, 0.717) is 27.1 Å². The van der Waals surface area contributed by atoms with Gasteiger partial charge in [-0.15, -0.1) is 0 Å². The third-order valence-electron chi connectivity index (χ3n) is 3.79. The molecular formula is C20H17Cl2N3O2. The van der Waals surface area contributed by atoms with Gasteiger partial charge in [0.1, 0.15) is 11.5 Å². The Kier molecular flexibility index (Phi) is 6.16. The van der Waals surface area contributed by atoms with Crippen molar-refractivity contribution in [1.82, 2.24) is 5.43 Å². The van der Waals surface area contributed by atoms with Crippen LogP contribution in [0.25, 0.3) is 11.3 Å². The van der Waals surface area contributed by atoms with Crippen LogP contribution >= 0.6 is 23.2 Å². The highest BCUT2D eigenvalue weighted by Crippen LogP contribution is 2.31. The molecule has 0 aliphatic heterocycles. The first-order valence-electron chi connectivity index (χ1n) is 8.19. The largest absolute Gasteiger partial charge is 0.455 e. The van der Waals surface area contributed by atoms with Gasteiger partial charge in [-0.2, -0.15) is 5.10 Å². The van der Waals surface area contributed by atoms with E-state index in [1.165, 1.54) is 6.21 Å². The van der Waals surface area contributed by atoms with E-state index >= 15 is 0 Å². The maximum atomic E-state index is 11.9. The van der Waals surface area contributed by atoms with Gasteiger partial charge in [0.2, 0.25) is 0 Å². The maximum absolute atomic E-state index is 11.9. The number of carbonyl (C=O) groups is 1. The van der Waals surface area contributed by atoms with Gasteiger partial charge < -0.3 is 9.73 Å². The van der Waals surface area contributed by atoms with Crippen molar-refractivity contribution in [2.75, 3.05) is 11.9 Å². The average Bonchev–Trinajstić information content (AvgIpc) is 3.12. The van der Waals surface area contributed by atoms with Crippen molar-refractivity contribution in [2.24, 2.45) is 5.10 Å². The van der Waals surface area contributed by atoms with Crippen LogP contribution in [-0.2, 0) is 4.79 Å². The molecule has 138 valence electrons. The van der Waals surface area contributed by atoms with Gasteiger partial charge in [0.15, 0.2) is 0 Å². The van der Waals surface area contributed by atoms with E-state index in [1.807, 2.05) is 31.2 Å². The molecule has 1 aromatic heterocycles. The molecule has 0 atom stereocenters. The van der Waals surface area contributed by atoms with Crippen molar-refractivity contribution in [3.05, 3.63) is 76.0 Å². The number of rotatable bonds is 6. The Morgan fingerprint density at radius 1 is 1.15 bits per heavy atom. The third kappa shape index (κ3) is 5.12. The molecule has 0 fully saturated rings. The summed E-state index contributed by atoms with van der Waals surface area (Å²) in [6.07, 6.45) is 1.42. The number of benzene rings is 2. The monoisotopic (exact) mass is 401 g/mol. The van der Waals surface area contributed by atoms with Crippen LogP contribution in [0.15, 0.2) is 64.1 Å². The minimum atomic E-state index is -0.265. The molecule has 0 saturated heterocycles. The number of anilines is 1. The van der Waals surface area contributed by atoms with Crippen molar-refractivity contribution < 1.29 is 9.21 Å². The highest BCUT2D eigenvalue weighted by molar-refractivity contribution is 6.35. The Labute approximate surface area is 167 Å². The first-order chi connectivity index (χ1) is 13.0. The van der Waals surface area contributed by atoms with E-state index in [1.54, 1.807) is 30.3 Å². The summed E-state index contributed by atoms with van der Waals surface area (Å²) in [5, 5.41) is 8.07. The first-order valence-corrected chi connectivity index (χ1v) is 8.95. The minimum absolute atomic E-state index is 0.115. The van der Waals surface area contributed by atoms with Crippen LogP contribution in [0.3, 0.4) is 0 Å². The number of nitrogens with one attached hydrogen (secondary N) is 2. The number of aryl methyl sites for hydroxylation is 1. The van der Waals surface area contributed by atoms with Gasteiger partial charge >= 0.3 is 0 Å². The number of hydrogen-bond donors (Lipinski definition) is 2. The zero-order valence-electron chi connectivity index (χ0n) is 14.5. The number of hydrogen-bond acceptors (Lipinski definition) is 4. The zero-order valence-corrected chi connectivity index (χ0v) is 16.0. The lowest BCUT2D eigenvalue weighted by atomic mass is 10.2. The van der Waals surface area contributed by atoms with E-state index < -0.39 is 0 Å². The summed E-state index contributed by atoms with van der Waals surface area (Å²) in [6, 6.07) is 16.4. The molecule has 3 rings (SSSR count). The number of hydrazone groups is 1. The van der Waals surface area contributed by atoms with E-state index in [2.05, 4.69) is 15.8 Å². The van der Waals surface area contributed by atoms with Crippen LogP contribution in [0.4, 0.5) is 5.69 Å². The van der Waals surface area contributed by atoms with Crippen LogP contribution in [0, 0.1) is 6.92 Å². The molecule has 0 radical (unpaired) electrons. The smallest absolute Gasteiger partial charge is 0.259 e. The Hall–Kier alpha value is -2.76. The lowest BCUT2D eigenvalue weighted by molar-refractivity contribution is -0.119. The molecule has 5 nitrogen and oxygen atoms in total. The lowest BCUT2D eigenvalue weighted by Crippen LogP contribution is -2.26. The number of para-hydroxylation sites is 1. The predicted octanol–water partition coefficient (Wildman–Crippen LogP) is 5.12. The summed E-state index contributed by atoms with van der Waals surface area (Å²) in [4.78, 5) is 11.9. The molecular weight excluding hydrogens is 385 g/mol. The van der Waals surface area contributed by atoms with Crippen LogP contribution in [-0.4, -0.2) is 18.7 Å². The van der Waals surface area contributed by atoms with Gasteiger partial charge in [0.25, 0.3) is 5.91 Å². The second-order valence-corrected chi connectivity index (χ2v) is 6.63. The summed E-state index contributed by atoms with van der Waals surface area (Å²) < 4.78 is 5.67. The Bertz CT molecular complexity index is 983. The average molecular weight is 402 g/mol. The molecule has 0 saturated carbocycles. The summed E-state index contributed by atoms with van der Waals surface area (Å²) >= 11 is 12.2. The molecule has 0 aliphatic rings. The van der Waals surface area contributed by atoms with Crippen LogP contribution < -0.4 is 10.7 Å². The first kappa shape index (κ1) is 19.0. The lowest BCUT2D eigenvalue weighted by Gasteiger charge is -2.07. The molecule has 0 unspecified atom stereocenters. The number of furan rings is 1. The van der Waals surface area contributed by atoms with E-state index in [4.69, 9.17) is 27.6 Å². The van der Waals surface area contributed by atoms with E-state index in [-0.39, 0.29) is 12.5 Å². The second kappa shape index (κ2) is 8.75. The maximum Gasteiger partial charge on any atom is 0.259 e. The SMILES string of the molecule is Cc1ccccc1NCC(=O)N/N=C/c1ccc(-c2cc(Cl)ccc2Cl)o1. The van der Waals surface area contributed by atoms with Crippen LogP contribution in [0.2, 0.25) is 10.0 Å². The summed E-state index contributed by atoms with van der Waals surface area (Å²) in [5.41, 5.74) is 5.12. The van der Waals surface area contributed by atoms with Gasteiger partial charge in [0, 0.05) is 16.3 Å². The molecule has 7 heteroatoms. The zero-order chi connectivity index (χ0) is 19.2. The Balaban J connectivity index is 1.56. The highest BCUT2D eigenvalue weighted by atomic mass is 35.5. The Morgan fingerprint density at radius 2 is 1.96 bits per heavy atom. The molecule has 2 aromatic carbocycles. The fourth-order valence-electron chi connectivity index (χ4n) is 2.41. The minimum Gasteiger partial charge on any atom is -0.455 e. The molecule has 1 heterocycles. The number of amides is 1.